The summed E-state index contributed by atoms with van der Waals surface area (Å²) in [7, 11) is 0. The Kier molecular flexibility index (Phi) is 2.52. The van der Waals surface area contributed by atoms with E-state index in [4.69, 9.17) is 4.74 Å². The zero-order chi connectivity index (χ0) is 13.5. The number of aromatic nitrogens is 4. The molecular formula is C15H16N4O. The van der Waals surface area contributed by atoms with Crippen molar-refractivity contribution in [3.05, 3.63) is 30.2 Å². The van der Waals surface area contributed by atoms with Crippen LogP contribution < -0.4 is 4.74 Å². The number of aryl methyl sites for hydroxylation is 2. The molecule has 102 valence electrons. The number of aromatic amines is 1. The van der Waals surface area contributed by atoms with E-state index in [9.17, 15) is 0 Å². The van der Waals surface area contributed by atoms with Crippen LogP contribution in [0.4, 0.5) is 0 Å². The highest BCUT2D eigenvalue weighted by atomic mass is 16.5. The minimum atomic E-state index is 0.763. The van der Waals surface area contributed by atoms with E-state index in [0.29, 0.717) is 0 Å². The van der Waals surface area contributed by atoms with Gasteiger partial charge in [-0.1, -0.05) is 6.92 Å². The zero-order valence-corrected chi connectivity index (χ0v) is 11.4. The fourth-order valence-electron chi connectivity index (χ4n) is 2.76. The number of hydrogen-bond donors (Lipinski definition) is 1. The number of nitrogens with one attached hydrogen (secondary N) is 1. The van der Waals surface area contributed by atoms with E-state index in [0.717, 1.165) is 48.6 Å². The molecule has 0 saturated heterocycles. The topological polar surface area (TPSA) is 55.7 Å². The second-order valence-electron chi connectivity index (χ2n) is 5.08. The van der Waals surface area contributed by atoms with E-state index in [1.807, 2.05) is 23.3 Å². The van der Waals surface area contributed by atoms with Gasteiger partial charge in [-0.3, -0.25) is 0 Å². The van der Waals surface area contributed by atoms with Gasteiger partial charge in [0.25, 0.3) is 0 Å². The second kappa shape index (κ2) is 4.37. The van der Waals surface area contributed by atoms with Crippen LogP contribution in [-0.2, 0) is 13.0 Å². The molecule has 1 aliphatic heterocycles. The Bertz CT molecular complexity index is 771. The first kappa shape index (κ1) is 11.5. The quantitative estimate of drug-likeness (QED) is 0.777. The van der Waals surface area contributed by atoms with Crippen LogP contribution in [0.2, 0.25) is 0 Å². The minimum Gasteiger partial charge on any atom is -0.477 e. The van der Waals surface area contributed by atoms with Crippen LogP contribution in [0.15, 0.2) is 24.7 Å². The van der Waals surface area contributed by atoms with E-state index in [-0.39, 0.29) is 0 Å². The summed E-state index contributed by atoms with van der Waals surface area (Å²) in [5.74, 6) is 0.867. The van der Waals surface area contributed by atoms with Gasteiger partial charge < -0.3 is 9.72 Å². The van der Waals surface area contributed by atoms with Crippen LogP contribution in [0.1, 0.15) is 18.9 Å². The van der Waals surface area contributed by atoms with Crippen LogP contribution >= 0.6 is 0 Å². The summed E-state index contributed by atoms with van der Waals surface area (Å²) in [6.07, 6.45) is 7.80. The normalized spacial score (nSPS) is 14.2. The molecule has 0 aromatic carbocycles. The Morgan fingerprint density at radius 1 is 1.40 bits per heavy atom. The Morgan fingerprint density at radius 2 is 2.35 bits per heavy atom. The molecule has 0 aliphatic carbocycles. The molecule has 0 radical (unpaired) electrons. The molecule has 0 atom stereocenters. The maximum absolute atomic E-state index is 5.76. The summed E-state index contributed by atoms with van der Waals surface area (Å²) in [5.41, 5.74) is 4.32. The number of pyridine rings is 1. The first-order valence-corrected chi connectivity index (χ1v) is 7.02. The van der Waals surface area contributed by atoms with Crippen molar-refractivity contribution in [2.75, 3.05) is 6.61 Å². The van der Waals surface area contributed by atoms with Crippen molar-refractivity contribution >= 4 is 11.0 Å². The molecule has 1 N–H and O–H groups in total. The third-order valence-corrected chi connectivity index (χ3v) is 3.85. The number of hydrogen-bond acceptors (Lipinski definition) is 3. The van der Waals surface area contributed by atoms with Crippen molar-refractivity contribution < 1.29 is 4.74 Å². The Hall–Kier alpha value is -2.30. The van der Waals surface area contributed by atoms with Gasteiger partial charge in [-0.2, -0.15) is 5.10 Å². The molecule has 4 heterocycles. The number of H-pyrrole nitrogens is 1. The SMILES string of the molecule is CCc1c[nH]c2ncc(-c3cnn4c3OCCC4)cc12. The molecule has 5 heteroatoms. The van der Waals surface area contributed by atoms with E-state index in [2.05, 4.69) is 28.1 Å². The van der Waals surface area contributed by atoms with E-state index >= 15 is 0 Å². The summed E-state index contributed by atoms with van der Waals surface area (Å²) in [5, 5.41) is 5.58. The maximum Gasteiger partial charge on any atom is 0.219 e. The van der Waals surface area contributed by atoms with Crippen molar-refractivity contribution in [2.45, 2.75) is 26.3 Å². The highest BCUT2D eigenvalue weighted by molar-refractivity contribution is 5.85. The molecule has 3 aromatic rings. The molecule has 0 bridgehead atoms. The van der Waals surface area contributed by atoms with Gasteiger partial charge in [0.15, 0.2) is 0 Å². The van der Waals surface area contributed by atoms with Crippen LogP contribution in [0.5, 0.6) is 5.88 Å². The third-order valence-electron chi connectivity index (χ3n) is 3.85. The monoisotopic (exact) mass is 268 g/mol. The summed E-state index contributed by atoms with van der Waals surface area (Å²) in [6.45, 7) is 3.84. The van der Waals surface area contributed by atoms with E-state index in [1.54, 1.807) is 0 Å². The first-order valence-electron chi connectivity index (χ1n) is 7.02. The van der Waals surface area contributed by atoms with Gasteiger partial charge in [0.1, 0.15) is 5.65 Å². The smallest absolute Gasteiger partial charge is 0.219 e. The lowest BCUT2D eigenvalue weighted by molar-refractivity contribution is 0.231. The minimum absolute atomic E-state index is 0.763. The zero-order valence-electron chi connectivity index (χ0n) is 11.4. The van der Waals surface area contributed by atoms with Crippen molar-refractivity contribution in [3.63, 3.8) is 0 Å². The Morgan fingerprint density at radius 3 is 3.25 bits per heavy atom. The Labute approximate surface area is 116 Å². The fraction of sp³-hybridized carbons (Fsp3) is 0.333. The standard InChI is InChI=1S/C15H16N4O/c1-2-10-7-16-14-12(10)6-11(8-17-14)13-9-18-19-4-3-5-20-15(13)19/h6-9H,2-5H2,1H3,(H,16,17). The highest BCUT2D eigenvalue weighted by Crippen LogP contribution is 2.33. The predicted molar refractivity (Wildman–Crippen MR) is 76.8 cm³/mol. The average molecular weight is 268 g/mol. The lowest BCUT2D eigenvalue weighted by Gasteiger charge is -2.16. The number of ether oxygens (including phenoxy) is 1. The van der Waals surface area contributed by atoms with Crippen molar-refractivity contribution in [3.8, 4) is 17.0 Å². The fourth-order valence-corrected chi connectivity index (χ4v) is 2.76. The van der Waals surface area contributed by atoms with Gasteiger partial charge in [0, 0.05) is 36.3 Å². The molecule has 20 heavy (non-hydrogen) atoms. The molecule has 0 fully saturated rings. The molecule has 0 spiro atoms. The van der Waals surface area contributed by atoms with Crippen molar-refractivity contribution in [1.82, 2.24) is 19.7 Å². The maximum atomic E-state index is 5.76. The number of fused-ring (bicyclic) bond motifs is 2. The lowest BCUT2D eigenvalue weighted by atomic mass is 10.1. The Balaban J connectivity index is 1.87. The molecular weight excluding hydrogens is 252 g/mol. The summed E-state index contributed by atoms with van der Waals surface area (Å²) in [4.78, 5) is 7.72. The molecule has 3 aromatic heterocycles. The van der Waals surface area contributed by atoms with Crippen LogP contribution in [0, 0.1) is 0 Å². The van der Waals surface area contributed by atoms with Gasteiger partial charge in [-0.25, -0.2) is 9.67 Å². The molecule has 4 rings (SSSR count). The number of nitrogens with zero attached hydrogens (tertiary/aromatic N) is 3. The van der Waals surface area contributed by atoms with Gasteiger partial charge in [-0.05, 0) is 18.1 Å². The number of rotatable bonds is 2. The van der Waals surface area contributed by atoms with E-state index in [1.165, 1.54) is 10.9 Å². The van der Waals surface area contributed by atoms with Gasteiger partial charge in [0.2, 0.25) is 5.88 Å². The average Bonchev–Trinajstić information content (AvgIpc) is 3.10. The molecule has 0 amide bonds. The highest BCUT2D eigenvalue weighted by Gasteiger charge is 2.18. The van der Waals surface area contributed by atoms with Crippen LogP contribution in [0.25, 0.3) is 22.2 Å². The summed E-state index contributed by atoms with van der Waals surface area (Å²) in [6, 6.07) is 2.17. The predicted octanol–water partition coefficient (Wildman–Crippen LogP) is 2.77. The second-order valence-corrected chi connectivity index (χ2v) is 5.08. The molecule has 0 saturated carbocycles. The summed E-state index contributed by atoms with van der Waals surface area (Å²) >= 11 is 0. The molecule has 1 aliphatic rings. The van der Waals surface area contributed by atoms with Crippen molar-refractivity contribution in [1.29, 1.82) is 0 Å². The van der Waals surface area contributed by atoms with Crippen LogP contribution in [0.3, 0.4) is 0 Å². The first-order chi connectivity index (χ1) is 9.86. The summed E-state index contributed by atoms with van der Waals surface area (Å²) < 4.78 is 7.70. The van der Waals surface area contributed by atoms with Gasteiger partial charge in [0.05, 0.1) is 18.4 Å². The van der Waals surface area contributed by atoms with Gasteiger partial charge >= 0.3 is 0 Å². The largest absolute Gasteiger partial charge is 0.477 e. The van der Waals surface area contributed by atoms with Gasteiger partial charge in [-0.15, -0.1) is 0 Å². The third kappa shape index (κ3) is 1.62. The van der Waals surface area contributed by atoms with E-state index < -0.39 is 0 Å². The van der Waals surface area contributed by atoms with Crippen molar-refractivity contribution in [2.24, 2.45) is 0 Å². The molecule has 0 unspecified atom stereocenters. The van der Waals surface area contributed by atoms with Crippen LogP contribution in [-0.4, -0.2) is 26.4 Å². The lowest BCUT2D eigenvalue weighted by Crippen LogP contribution is -2.14. The molecule has 5 nitrogen and oxygen atoms in total.